The molecule has 0 unspecified atom stereocenters. The van der Waals surface area contributed by atoms with Crippen molar-refractivity contribution in [3.8, 4) is 11.5 Å². The SMILES string of the molecule is COc1cc(/C=N\NC(=O)c2cccc(C(F)(F)F)c2)c([N+](=O)[O-])cc1OC. The van der Waals surface area contributed by atoms with Gasteiger partial charge in [0.2, 0.25) is 0 Å². The van der Waals surface area contributed by atoms with Gasteiger partial charge in [-0.15, -0.1) is 0 Å². The summed E-state index contributed by atoms with van der Waals surface area (Å²) < 4.78 is 48.2. The maximum Gasteiger partial charge on any atom is 0.416 e. The summed E-state index contributed by atoms with van der Waals surface area (Å²) in [5.74, 6) is -0.594. The highest BCUT2D eigenvalue weighted by Crippen LogP contribution is 2.33. The number of benzene rings is 2. The lowest BCUT2D eigenvalue weighted by atomic mass is 10.1. The fourth-order valence-corrected chi connectivity index (χ4v) is 2.21. The number of hydrazone groups is 1. The van der Waals surface area contributed by atoms with Gasteiger partial charge in [-0.1, -0.05) is 6.07 Å². The highest BCUT2D eigenvalue weighted by molar-refractivity contribution is 5.95. The number of nitro groups is 1. The molecule has 1 amide bonds. The van der Waals surface area contributed by atoms with Crippen LogP contribution in [0, 0.1) is 10.1 Å². The van der Waals surface area contributed by atoms with Crippen LogP contribution in [0.5, 0.6) is 11.5 Å². The number of methoxy groups -OCH3 is 2. The van der Waals surface area contributed by atoms with Gasteiger partial charge in [-0.2, -0.15) is 18.3 Å². The fraction of sp³-hybridized carbons (Fsp3) is 0.176. The van der Waals surface area contributed by atoms with Gasteiger partial charge in [-0.05, 0) is 24.3 Å². The predicted molar refractivity (Wildman–Crippen MR) is 92.7 cm³/mol. The van der Waals surface area contributed by atoms with Crippen LogP contribution in [0.15, 0.2) is 41.5 Å². The summed E-state index contributed by atoms with van der Waals surface area (Å²) in [4.78, 5) is 22.5. The van der Waals surface area contributed by atoms with Crippen molar-refractivity contribution in [2.45, 2.75) is 6.18 Å². The first-order valence-electron chi connectivity index (χ1n) is 7.58. The van der Waals surface area contributed by atoms with Crippen LogP contribution < -0.4 is 14.9 Å². The minimum atomic E-state index is -4.60. The van der Waals surface area contributed by atoms with Crippen LogP contribution in [0.25, 0.3) is 0 Å². The number of hydrogen-bond acceptors (Lipinski definition) is 6. The average molecular weight is 397 g/mol. The van der Waals surface area contributed by atoms with Gasteiger partial charge < -0.3 is 9.47 Å². The lowest BCUT2D eigenvalue weighted by Crippen LogP contribution is -2.18. The first-order valence-corrected chi connectivity index (χ1v) is 7.58. The number of hydrogen-bond donors (Lipinski definition) is 1. The molecule has 28 heavy (non-hydrogen) atoms. The first kappa shape index (κ1) is 20.7. The summed E-state index contributed by atoms with van der Waals surface area (Å²) in [5, 5.41) is 14.8. The third-order valence-corrected chi connectivity index (χ3v) is 3.55. The molecular weight excluding hydrogens is 383 g/mol. The highest BCUT2D eigenvalue weighted by Gasteiger charge is 2.30. The second-order valence-electron chi connectivity index (χ2n) is 5.30. The molecule has 8 nitrogen and oxygen atoms in total. The van der Waals surface area contributed by atoms with E-state index in [2.05, 4.69) is 5.10 Å². The highest BCUT2D eigenvalue weighted by atomic mass is 19.4. The average Bonchev–Trinajstić information content (AvgIpc) is 2.66. The van der Waals surface area contributed by atoms with E-state index in [1.165, 1.54) is 26.4 Å². The molecule has 0 bridgehead atoms. The summed E-state index contributed by atoms with van der Waals surface area (Å²) in [7, 11) is 2.64. The molecule has 0 radical (unpaired) electrons. The molecule has 11 heteroatoms. The topological polar surface area (TPSA) is 103 Å². The molecular formula is C17H14F3N3O5. The van der Waals surface area contributed by atoms with Crippen LogP contribution in [0.2, 0.25) is 0 Å². The van der Waals surface area contributed by atoms with Gasteiger partial charge in [0, 0.05) is 5.56 Å². The van der Waals surface area contributed by atoms with E-state index in [1.54, 1.807) is 0 Å². The van der Waals surface area contributed by atoms with Crippen molar-refractivity contribution in [1.82, 2.24) is 5.43 Å². The largest absolute Gasteiger partial charge is 0.493 e. The summed E-state index contributed by atoms with van der Waals surface area (Å²) in [6.45, 7) is 0. The quantitative estimate of drug-likeness (QED) is 0.457. The maximum atomic E-state index is 12.7. The first-order chi connectivity index (χ1) is 13.2. The molecule has 0 aliphatic carbocycles. The number of alkyl halides is 3. The summed E-state index contributed by atoms with van der Waals surface area (Å²) in [6.07, 6.45) is -3.62. The number of nitrogens with one attached hydrogen (secondary N) is 1. The number of carbonyl (C=O) groups is 1. The second kappa shape index (κ2) is 8.37. The number of ether oxygens (including phenoxy) is 2. The molecule has 2 aromatic carbocycles. The molecule has 2 aromatic rings. The molecule has 0 fully saturated rings. The van der Waals surface area contributed by atoms with Crippen LogP contribution in [-0.4, -0.2) is 31.3 Å². The molecule has 0 saturated heterocycles. The van der Waals surface area contributed by atoms with E-state index in [9.17, 15) is 28.1 Å². The van der Waals surface area contributed by atoms with Crippen LogP contribution in [0.4, 0.5) is 18.9 Å². The van der Waals surface area contributed by atoms with Crippen LogP contribution >= 0.6 is 0 Å². The molecule has 0 saturated carbocycles. The zero-order chi connectivity index (χ0) is 20.9. The molecule has 0 atom stereocenters. The number of nitro benzene ring substituents is 1. The van der Waals surface area contributed by atoms with Crippen molar-refractivity contribution in [1.29, 1.82) is 0 Å². The van der Waals surface area contributed by atoms with Crippen molar-refractivity contribution in [2.75, 3.05) is 14.2 Å². The van der Waals surface area contributed by atoms with Crippen molar-refractivity contribution in [3.05, 3.63) is 63.2 Å². The Morgan fingerprint density at radius 2 is 1.82 bits per heavy atom. The Morgan fingerprint density at radius 3 is 2.39 bits per heavy atom. The number of rotatable bonds is 6. The van der Waals surface area contributed by atoms with Gasteiger partial charge in [0.1, 0.15) is 0 Å². The number of amides is 1. The molecule has 0 aliphatic rings. The normalized spacial score (nSPS) is 11.3. The van der Waals surface area contributed by atoms with E-state index < -0.39 is 22.6 Å². The molecule has 0 aromatic heterocycles. The van der Waals surface area contributed by atoms with E-state index in [-0.39, 0.29) is 28.3 Å². The molecule has 0 aliphatic heterocycles. The molecule has 1 N–H and O–H groups in total. The van der Waals surface area contributed by atoms with Gasteiger partial charge in [0.15, 0.2) is 11.5 Å². The van der Waals surface area contributed by atoms with E-state index in [1.807, 2.05) is 5.43 Å². The minimum absolute atomic E-state index is 0.00741. The summed E-state index contributed by atoms with van der Waals surface area (Å²) >= 11 is 0. The Labute approximate surface area is 156 Å². The van der Waals surface area contributed by atoms with Gasteiger partial charge in [-0.3, -0.25) is 14.9 Å². The van der Waals surface area contributed by atoms with Crippen LogP contribution in [0.3, 0.4) is 0 Å². The van der Waals surface area contributed by atoms with E-state index in [0.29, 0.717) is 6.07 Å². The molecule has 0 heterocycles. The minimum Gasteiger partial charge on any atom is -0.493 e. The lowest BCUT2D eigenvalue weighted by molar-refractivity contribution is -0.385. The van der Waals surface area contributed by atoms with Crippen molar-refractivity contribution < 1.29 is 32.4 Å². The molecule has 148 valence electrons. The van der Waals surface area contributed by atoms with Crippen LogP contribution in [0.1, 0.15) is 21.5 Å². The summed E-state index contributed by atoms with van der Waals surface area (Å²) in [5.41, 5.74) is 0.397. The maximum absolute atomic E-state index is 12.7. The molecule has 2 rings (SSSR count). The number of nitrogens with zero attached hydrogens (tertiary/aromatic N) is 2. The Hall–Kier alpha value is -3.63. The Bertz CT molecular complexity index is 929. The molecule has 0 spiro atoms. The number of halogens is 3. The smallest absolute Gasteiger partial charge is 0.416 e. The van der Waals surface area contributed by atoms with Crippen molar-refractivity contribution in [2.24, 2.45) is 5.10 Å². The number of carbonyl (C=O) groups excluding carboxylic acids is 1. The van der Waals surface area contributed by atoms with E-state index in [0.717, 1.165) is 24.4 Å². The van der Waals surface area contributed by atoms with Gasteiger partial charge in [0.25, 0.3) is 11.6 Å². The Balaban J connectivity index is 2.25. The fourth-order valence-electron chi connectivity index (χ4n) is 2.21. The van der Waals surface area contributed by atoms with E-state index in [4.69, 9.17) is 9.47 Å². The van der Waals surface area contributed by atoms with Gasteiger partial charge in [-0.25, -0.2) is 5.43 Å². The van der Waals surface area contributed by atoms with Crippen molar-refractivity contribution in [3.63, 3.8) is 0 Å². The Morgan fingerprint density at radius 1 is 1.18 bits per heavy atom. The van der Waals surface area contributed by atoms with Gasteiger partial charge >= 0.3 is 6.18 Å². The third-order valence-electron chi connectivity index (χ3n) is 3.55. The third kappa shape index (κ3) is 4.75. The standard InChI is InChI=1S/C17H14F3N3O5/c1-27-14-7-11(13(23(25)26)8-15(14)28-2)9-21-22-16(24)10-4-3-5-12(6-10)17(18,19)20/h3-9H,1-2H3,(H,22,24)/b21-9-. The monoisotopic (exact) mass is 397 g/mol. The van der Waals surface area contributed by atoms with Crippen LogP contribution in [-0.2, 0) is 6.18 Å². The predicted octanol–water partition coefficient (Wildman–Crippen LogP) is 3.39. The zero-order valence-electron chi connectivity index (χ0n) is 14.6. The Kier molecular flexibility index (Phi) is 6.18. The van der Waals surface area contributed by atoms with E-state index >= 15 is 0 Å². The van der Waals surface area contributed by atoms with Crippen molar-refractivity contribution >= 4 is 17.8 Å². The van der Waals surface area contributed by atoms with Gasteiger partial charge in [0.05, 0.1) is 42.6 Å². The zero-order valence-corrected chi connectivity index (χ0v) is 14.6. The lowest BCUT2D eigenvalue weighted by Gasteiger charge is -2.09. The summed E-state index contributed by atoms with van der Waals surface area (Å²) in [6, 6.07) is 6.15. The second-order valence-corrected chi connectivity index (χ2v) is 5.30.